The van der Waals surface area contributed by atoms with E-state index >= 15 is 0 Å². The highest BCUT2D eigenvalue weighted by Gasteiger charge is 2.15. The molecule has 0 N–H and O–H groups in total. The quantitative estimate of drug-likeness (QED) is 0.446. The molecule has 0 aliphatic rings. The number of benzene rings is 1. The van der Waals surface area contributed by atoms with Gasteiger partial charge in [-0.3, -0.25) is 9.59 Å². The summed E-state index contributed by atoms with van der Waals surface area (Å²) in [5, 5.41) is 8.85. The predicted octanol–water partition coefficient (Wildman–Crippen LogP) is 2.10. The summed E-state index contributed by atoms with van der Waals surface area (Å²) >= 11 is 5.41. The van der Waals surface area contributed by atoms with Crippen LogP contribution in [0.3, 0.4) is 0 Å². The average Bonchev–Trinajstić information content (AvgIpc) is 2.26. The normalized spacial score (nSPS) is 9.40. The second kappa shape index (κ2) is 4.72. The third-order valence-electron chi connectivity index (χ3n) is 1.96. The Kier molecular flexibility index (Phi) is 3.59. The third-order valence-corrected chi connectivity index (χ3v) is 2.20. The lowest BCUT2D eigenvalue weighted by atomic mass is 9.97. The number of hydrogen-bond acceptors (Lipinski definition) is 3. The maximum Gasteiger partial charge on any atom is 0.179 e. The molecule has 0 radical (unpaired) electrons. The van der Waals surface area contributed by atoms with Crippen molar-refractivity contribution in [3.63, 3.8) is 0 Å². The van der Waals surface area contributed by atoms with Crippen LogP contribution in [0.4, 0.5) is 0 Å². The molecule has 0 saturated carbocycles. The first-order valence-corrected chi connectivity index (χ1v) is 4.76. The SMILES string of the molecule is Cc1cc(C#N)c(C(=O)CCl)c(C=O)c1. The van der Waals surface area contributed by atoms with E-state index in [2.05, 4.69) is 0 Å². The van der Waals surface area contributed by atoms with Gasteiger partial charge < -0.3 is 0 Å². The smallest absolute Gasteiger partial charge is 0.179 e. The zero-order valence-corrected chi connectivity index (χ0v) is 8.84. The molecule has 1 aromatic carbocycles. The number of carbonyl (C=O) groups excluding carboxylic acids is 2. The number of nitriles is 1. The van der Waals surface area contributed by atoms with Crippen LogP contribution in [0.25, 0.3) is 0 Å². The standard InChI is InChI=1S/C11H8ClNO2/c1-7-2-8(5-13)11(10(15)4-12)9(3-7)6-14/h2-3,6H,4H2,1H3. The number of carbonyl (C=O) groups is 2. The van der Waals surface area contributed by atoms with Crippen LogP contribution in [0.2, 0.25) is 0 Å². The van der Waals surface area contributed by atoms with E-state index in [0.717, 1.165) is 5.56 Å². The van der Waals surface area contributed by atoms with E-state index in [1.165, 1.54) is 0 Å². The fourth-order valence-electron chi connectivity index (χ4n) is 1.37. The first-order valence-electron chi connectivity index (χ1n) is 4.23. The topological polar surface area (TPSA) is 57.9 Å². The van der Waals surface area contributed by atoms with Crippen LogP contribution >= 0.6 is 11.6 Å². The number of Topliss-reactive ketones (excluding diaryl/α,β-unsaturated/α-hetero) is 1. The van der Waals surface area contributed by atoms with E-state index < -0.39 is 5.78 Å². The number of nitrogens with zero attached hydrogens (tertiary/aromatic N) is 1. The third kappa shape index (κ3) is 2.23. The summed E-state index contributed by atoms with van der Waals surface area (Å²) in [6, 6.07) is 5.01. The Morgan fingerprint density at radius 3 is 2.73 bits per heavy atom. The molecule has 0 aromatic heterocycles. The summed E-state index contributed by atoms with van der Waals surface area (Å²) in [5.74, 6) is -0.645. The number of aryl methyl sites for hydroxylation is 1. The van der Waals surface area contributed by atoms with Crippen molar-refractivity contribution in [3.05, 3.63) is 34.4 Å². The van der Waals surface area contributed by atoms with Gasteiger partial charge in [-0.15, -0.1) is 11.6 Å². The molecule has 1 rings (SSSR count). The molecular formula is C11H8ClNO2. The molecule has 3 nitrogen and oxygen atoms in total. The summed E-state index contributed by atoms with van der Waals surface area (Å²) in [6.07, 6.45) is 0.563. The van der Waals surface area contributed by atoms with Crippen LogP contribution in [0.5, 0.6) is 0 Å². The highest BCUT2D eigenvalue weighted by atomic mass is 35.5. The Morgan fingerprint density at radius 1 is 1.60 bits per heavy atom. The van der Waals surface area contributed by atoms with Gasteiger partial charge >= 0.3 is 0 Å². The van der Waals surface area contributed by atoms with Crippen LogP contribution < -0.4 is 0 Å². The molecule has 76 valence electrons. The molecule has 0 heterocycles. The summed E-state index contributed by atoms with van der Waals surface area (Å²) in [6.45, 7) is 1.75. The highest BCUT2D eigenvalue weighted by Crippen LogP contribution is 2.17. The van der Waals surface area contributed by atoms with Crippen LogP contribution in [0.1, 0.15) is 31.8 Å². The van der Waals surface area contributed by atoms with Crippen LogP contribution in [0, 0.1) is 18.3 Å². The van der Waals surface area contributed by atoms with Gasteiger partial charge in [0, 0.05) is 11.1 Å². The number of alkyl halides is 1. The maximum atomic E-state index is 11.4. The van der Waals surface area contributed by atoms with Crippen LogP contribution in [-0.4, -0.2) is 17.9 Å². The van der Waals surface area contributed by atoms with Gasteiger partial charge in [-0.05, 0) is 24.6 Å². The van der Waals surface area contributed by atoms with Gasteiger partial charge in [-0.2, -0.15) is 5.26 Å². The molecule has 0 atom stereocenters. The minimum Gasteiger partial charge on any atom is -0.298 e. The van der Waals surface area contributed by atoms with Crippen molar-refractivity contribution >= 4 is 23.7 Å². The molecule has 0 spiro atoms. The second-order valence-corrected chi connectivity index (χ2v) is 3.33. The first kappa shape index (κ1) is 11.4. The zero-order chi connectivity index (χ0) is 11.4. The lowest BCUT2D eigenvalue weighted by Gasteiger charge is -2.05. The van der Waals surface area contributed by atoms with Gasteiger partial charge in [-0.1, -0.05) is 0 Å². The van der Waals surface area contributed by atoms with E-state index in [-0.39, 0.29) is 22.6 Å². The van der Waals surface area contributed by atoms with E-state index in [1.54, 1.807) is 19.1 Å². The number of ketones is 1. The zero-order valence-electron chi connectivity index (χ0n) is 8.08. The van der Waals surface area contributed by atoms with E-state index in [1.807, 2.05) is 6.07 Å². The minimum absolute atomic E-state index is 0.119. The summed E-state index contributed by atoms with van der Waals surface area (Å²) in [4.78, 5) is 22.2. The van der Waals surface area contributed by atoms with Crippen LogP contribution in [0.15, 0.2) is 12.1 Å². The van der Waals surface area contributed by atoms with Gasteiger partial charge in [0.15, 0.2) is 12.1 Å². The number of hydrogen-bond donors (Lipinski definition) is 0. The fourth-order valence-corrected chi connectivity index (χ4v) is 1.51. The van der Waals surface area contributed by atoms with Gasteiger partial charge in [0.1, 0.15) is 0 Å². The lowest BCUT2D eigenvalue weighted by Crippen LogP contribution is -2.08. The van der Waals surface area contributed by atoms with Gasteiger partial charge in [0.05, 0.1) is 17.5 Å². The Bertz CT molecular complexity index is 460. The number of halogens is 1. The molecule has 0 amide bonds. The summed E-state index contributed by atoms with van der Waals surface area (Å²) in [5.41, 5.74) is 1.30. The molecule has 0 aliphatic heterocycles. The summed E-state index contributed by atoms with van der Waals surface area (Å²) < 4.78 is 0. The van der Waals surface area contributed by atoms with Gasteiger partial charge in [-0.25, -0.2) is 0 Å². The van der Waals surface area contributed by atoms with Crippen molar-refractivity contribution in [2.45, 2.75) is 6.92 Å². The van der Waals surface area contributed by atoms with Crippen molar-refractivity contribution in [1.29, 1.82) is 5.26 Å². The minimum atomic E-state index is -0.407. The van der Waals surface area contributed by atoms with Gasteiger partial charge in [0.25, 0.3) is 0 Å². The van der Waals surface area contributed by atoms with E-state index in [0.29, 0.717) is 6.29 Å². The Labute approximate surface area is 92.3 Å². The molecule has 0 unspecified atom stereocenters. The predicted molar refractivity (Wildman–Crippen MR) is 56.3 cm³/mol. The van der Waals surface area contributed by atoms with Crippen molar-refractivity contribution in [3.8, 4) is 6.07 Å². The van der Waals surface area contributed by atoms with Crippen molar-refractivity contribution in [2.24, 2.45) is 0 Å². The van der Waals surface area contributed by atoms with E-state index in [9.17, 15) is 9.59 Å². The van der Waals surface area contributed by atoms with Crippen molar-refractivity contribution < 1.29 is 9.59 Å². The fraction of sp³-hybridized carbons (Fsp3) is 0.182. The molecular weight excluding hydrogens is 214 g/mol. The molecule has 0 aliphatic carbocycles. The van der Waals surface area contributed by atoms with E-state index in [4.69, 9.17) is 16.9 Å². The van der Waals surface area contributed by atoms with Crippen LogP contribution in [-0.2, 0) is 0 Å². The Balaban J connectivity index is 3.52. The maximum absolute atomic E-state index is 11.4. The van der Waals surface area contributed by atoms with Gasteiger partial charge in [0.2, 0.25) is 0 Å². The molecule has 0 fully saturated rings. The Hall–Kier alpha value is -1.66. The average molecular weight is 222 g/mol. The second-order valence-electron chi connectivity index (χ2n) is 3.06. The highest BCUT2D eigenvalue weighted by molar-refractivity contribution is 6.31. The van der Waals surface area contributed by atoms with Crippen molar-refractivity contribution in [1.82, 2.24) is 0 Å². The first-order chi connectivity index (χ1) is 7.13. The molecule has 15 heavy (non-hydrogen) atoms. The molecule has 4 heteroatoms. The largest absolute Gasteiger partial charge is 0.298 e. The molecule has 0 saturated heterocycles. The monoisotopic (exact) mass is 221 g/mol. The van der Waals surface area contributed by atoms with Crippen molar-refractivity contribution in [2.75, 3.05) is 5.88 Å². The summed E-state index contributed by atoms with van der Waals surface area (Å²) in [7, 11) is 0. The lowest BCUT2D eigenvalue weighted by molar-refractivity contribution is 0.101. The molecule has 0 bridgehead atoms. The number of rotatable bonds is 3. The Morgan fingerprint density at radius 2 is 2.27 bits per heavy atom. The number of aldehydes is 1. The molecule has 1 aromatic rings.